The van der Waals surface area contributed by atoms with Gasteiger partial charge in [0.25, 0.3) is 0 Å². The van der Waals surface area contributed by atoms with E-state index in [1.807, 2.05) is 0 Å². The summed E-state index contributed by atoms with van der Waals surface area (Å²) in [6, 6.07) is -0.901. The van der Waals surface area contributed by atoms with Gasteiger partial charge in [-0.15, -0.1) is 0 Å². The van der Waals surface area contributed by atoms with E-state index >= 15 is 0 Å². The summed E-state index contributed by atoms with van der Waals surface area (Å²) in [6.45, 7) is 2.54. The van der Waals surface area contributed by atoms with Crippen molar-refractivity contribution >= 4 is 10.4 Å². The number of β-amino-alcohol motifs (C(OH)–C–C–N with tert-alkyl or cyclic N) is 1. The Morgan fingerprint density at radius 2 is 1.32 bits per heavy atom. The van der Waals surface area contributed by atoms with Gasteiger partial charge in [-0.3, -0.25) is 9.08 Å². The Morgan fingerprint density at radius 1 is 0.745 bits per heavy atom. The Labute approximate surface area is 298 Å². The van der Waals surface area contributed by atoms with Crippen molar-refractivity contribution in [3.63, 3.8) is 0 Å². The monoisotopic (exact) mass is 713 g/mol. The van der Waals surface area contributed by atoms with Crippen LogP contribution in [0, 0.1) is 0 Å². The molecule has 3 fully saturated rings. The van der Waals surface area contributed by atoms with Gasteiger partial charge in [0.1, 0.15) is 54.9 Å². The van der Waals surface area contributed by atoms with Gasteiger partial charge in [-0.2, -0.15) is 0 Å². The molecule has 3 heterocycles. The van der Waals surface area contributed by atoms with Crippen LogP contribution in [0.15, 0.2) is 0 Å². The van der Waals surface area contributed by atoms with Crippen LogP contribution < -0.4 is 29.6 Å². The van der Waals surface area contributed by atoms with Crippen molar-refractivity contribution in [2.75, 3.05) is 26.3 Å². The van der Waals surface area contributed by atoms with Gasteiger partial charge in [-0.05, 0) is 19.9 Å². The number of hydrogen-bond acceptors (Lipinski definition) is 17. The van der Waals surface area contributed by atoms with Crippen molar-refractivity contribution in [3.05, 3.63) is 0 Å². The van der Waals surface area contributed by atoms with Crippen molar-refractivity contribution in [1.29, 1.82) is 0 Å². The van der Waals surface area contributed by atoms with E-state index < -0.39 is 109 Å². The van der Waals surface area contributed by atoms with Crippen LogP contribution in [0.1, 0.15) is 65.2 Å². The number of unbranched alkanes of at least 4 members (excludes halogenated alkanes) is 7. The zero-order valence-electron chi connectivity index (χ0n) is 27.3. The number of aliphatic hydroxyl groups excluding tert-OH is 8. The molecular formula is C28H52NNaO16S. The van der Waals surface area contributed by atoms with Crippen LogP contribution in [0.2, 0.25) is 0 Å². The summed E-state index contributed by atoms with van der Waals surface area (Å²) in [6.07, 6.45) is -12.9. The first-order chi connectivity index (χ1) is 21.7. The Balaban J connectivity index is 0.00000768. The Hall–Kier alpha value is 0.350. The minimum Gasteiger partial charge on any atom is -0.726 e. The summed E-state index contributed by atoms with van der Waals surface area (Å²) in [5.74, 6) is 0. The van der Waals surface area contributed by atoms with Crippen LogP contribution >= 0.6 is 0 Å². The molecule has 3 rings (SSSR count). The maximum atomic E-state index is 11.3. The minimum absolute atomic E-state index is 0. The third-order valence-corrected chi connectivity index (χ3v) is 9.36. The van der Waals surface area contributed by atoms with Gasteiger partial charge < -0.3 is 64.4 Å². The van der Waals surface area contributed by atoms with E-state index in [-0.39, 0.29) is 36.1 Å². The summed E-state index contributed by atoms with van der Waals surface area (Å²) < 4.78 is 61.2. The number of piperidine rings is 1. The average molecular weight is 714 g/mol. The first-order valence-corrected chi connectivity index (χ1v) is 17.4. The second-order valence-electron chi connectivity index (χ2n) is 12.3. The maximum Gasteiger partial charge on any atom is 1.00 e. The van der Waals surface area contributed by atoms with Gasteiger partial charge in [-0.25, -0.2) is 8.42 Å². The van der Waals surface area contributed by atoms with Crippen LogP contribution in [0.4, 0.5) is 0 Å². The van der Waals surface area contributed by atoms with E-state index in [0.717, 1.165) is 38.5 Å². The van der Waals surface area contributed by atoms with Gasteiger partial charge in [-0.1, -0.05) is 51.9 Å². The molecule has 19 heteroatoms. The first kappa shape index (κ1) is 43.5. The zero-order chi connectivity index (χ0) is 34.2. The molecule has 0 bridgehead atoms. The normalized spacial score (nSPS) is 40.2. The second-order valence-corrected chi connectivity index (χ2v) is 13.4. The second kappa shape index (κ2) is 20.4. The Kier molecular flexibility index (Phi) is 18.9. The van der Waals surface area contributed by atoms with E-state index in [1.54, 1.807) is 4.90 Å². The Bertz CT molecular complexity index is 1000. The predicted molar refractivity (Wildman–Crippen MR) is 155 cm³/mol. The number of nitrogens with zero attached hydrogens (tertiary/aromatic N) is 1. The molecule has 3 aliphatic heterocycles. The van der Waals surface area contributed by atoms with Gasteiger partial charge >= 0.3 is 29.6 Å². The van der Waals surface area contributed by atoms with Crippen LogP contribution in [-0.2, 0) is 33.5 Å². The van der Waals surface area contributed by atoms with Crippen molar-refractivity contribution in [2.24, 2.45) is 0 Å². The van der Waals surface area contributed by atoms with Gasteiger partial charge in [0.15, 0.2) is 12.6 Å². The summed E-state index contributed by atoms with van der Waals surface area (Å²) in [5.41, 5.74) is 0. The largest absolute Gasteiger partial charge is 1.00 e. The van der Waals surface area contributed by atoms with Crippen molar-refractivity contribution in [2.45, 2.75) is 151 Å². The molecule has 0 amide bonds. The molecule has 3 saturated heterocycles. The summed E-state index contributed by atoms with van der Waals surface area (Å²) in [5, 5.41) is 83.8. The topological polar surface area (TPSA) is 268 Å². The molecule has 3 aliphatic rings. The zero-order valence-corrected chi connectivity index (χ0v) is 30.1. The van der Waals surface area contributed by atoms with Crippen molar-refractivity contribution < 1.29 is 107 Å². The molecule has 0 spiro atoms. The quantitative estimate of drug-likeness (QED) is 0.0302. The summed E-state index contributed by atoms with van der Waals surface area (Å²) in [7, 11) is -5.44. The van der Waals surface area contributed by atoms with E-state index in [2.05, 4.69) is 11.1 Å². The third-order valence-electron chi connectivity index (χ3n) is 8.90. The van der Waals surface area contributed by atoms with Crippen molar-refractivity contribution in [1.82, 2.24) is 4.90 Å². The molecule has 0 radical (unpaired) electrons. The molecule has 0 aromatic rings. The molecule has 17 nitrogen and oxygen atoms in total. The van der Waals surface area contributed by atoms with Gasteiger partial charge in [0.05, 0.1) is 31.5 Å². The van der Waals surface area contributed by atoms with Gasteiger partial charge in [0, 0.05) is 6.54 Å². The number of rotatable bonds is 17. The fourth-order valence-corrected chi connectivity index (χ4v) is 6.74. The standard InChI is InChI=1S/C28H53NO16S.Na/c1-3-4-5-6-7-8-9-10-11-29-12-17(32)25(24(16(29)13-30)43-27-22(36)21(35)19(33)15(2)41-27)44-28-23(37)26(45-46(38,39)40)20(34)18(14-31)42-28;/h15-28,30-37H,3-14H2,1-2H3,(H,38,39,40);/q;+1/p-1/t15-,16+,17-,18+,19+,20-,21+,22-,23+,24+,25+,26-,27-,28-;/m0./s1. The molecule has 47 heavy (non-hydrogen) atoms. The van der Waals surface area contributed by atoms with Gasteiger partial charge in [0.2, 0.25) is 10.4 Å². The van der Waals surface area contributed by atoms with E-state index in [4.69, 9.17) is 18.9 Å². The SMILES string of the molecule is CCCCCCCCCCN1C[C@H](O)[C@@H](O[C@@H]2O[C@H](CO)[C@H](O)[C@H](OS(=O)(=O)[O-])[C@H]2O)[C@H](O[C@@H]2O[C@@H](C)[C@@H](O)[C@@H](O)[C@@H]2O)[C@H]1CO.[Na+]. The van der Waals surface area contributed by atoms with Crippen molar-refractivity contribution in [3.8, 4) is 0 Å². The predicted octanol–water partition coefficient (Wildman–Crippen LogP) is -5.95. The molecule has 0 aromatic carbocycles. The first-order valence-electron chi connectivity index (χ1n) is 16.0. The van der Waals surface area contributed by atoms with E-state index in [1.165, 1.54) is 19.8 Å². The Morgan fingerprint density at radius 3 is 1.89 bits per heavy atom. The molecule has 0 aliphatic carbocycles. The fraction of sp³-hybridized carbons (Fsp3) is 1.00. The minimum atomic E-state index is -5.44. The van der Waals surface area contributed by atoms with Crippen LogP contribution in [-0.4, -0.2) is 171 Å². The van der Waals surface area contributed by atoms with Crippen LogP contribution in [0.5, 0.6) is 0 Å². The fourth-order valence-electron chi connectivity index (χ4n) is 6.24. The van der Waals surface area contributed by atoms with E-state index in [9.17, 15) is 53.8 Å². The molecule has 272 valence electrons. The number of hydrogen-bond donors (Lipinski definition) is 8. The number of likely N-dealkylation sites (tertiary alicyclic amines) is 1. The average Bonchev–Trinajstić information content (AvgIpc) is 3.00. The molecule has 0 aromatic heterocycles. The number of ether oxygens (including phenoxy) is 4. The molecule has 0 unspecified atom stereocenters. The number of aliphatic hydroxyl groups is 8. The summed E-state index contributed by atoms with van der Waals surface area (Å²) in [4.78, 5) is 1.77. The van der Waals surface area contributed by atoms with Crippen LogP contribution in [0.3, 0.4) is 0 Å². The molecule has 8 N–H and O–H groups in total. The molecule has 14 atom stereocenters. The van der Waals surface area contributed by atoms with E-state index in [0.29, 0.717) is 6.54 Å². The molecule has 0 saturated carbocycles. The maximum absolute atomic E-state index is 11.3. The molecular weight excluding hydrogens is 661 g/mol. The van der Waals surface area contributed by atoms with Crippen LogP contribution in [0.25, 0.3) is 0 Å². The smallest absolute Gasteiger partial charge is 0.726 e. The third kappa shape index (κ3) is 11.9. The summed E-state index contributed by atoms with van der Waals surface area (Å²) >= 11 is 0.